The first kappa shape index (κ1) is 15.6. The standard InChI is InChI=1S/C17H21FN2O/c18-15-9-5-4-8-14(15)11-20-12-17(21)16(19)10-13-6-2-1-3-7-13/h1-9,16-17,20-21H,10-12,19H2. The molecule has 0 amide bonds. The van der Waals surface area contributed by atoms with Gasteiger partial charge in [0, 0.05) is 24.7 Å². The van der Waals surface area contributed by atoms with E-state index >= 15 is 0 Å². The largest absolute Gasteiger partial charge is 0.390 e. The zero-order valence-corrected chi connectivity index (χ0v) is 11.9. The maximum Gasteiger partial charge on any atom is 0.127 e. The van der Waals surface area contributed by atoms with Crippen molar-refractivity contribution in [3.63, 3.8) is 0 Å². The third-order valence-electron chi connectivity index (χ3n) is 3.44. The van der Waals surface area contributed by atoms with Gasteiger partial charge in [-0.1, -0.05) is 48.5 Å². The molecule has 0 saturated carbocycles. The van der Waals surface area contributed by atoms with Crippen LogP contribution in [-0.2, 0) is 13.0 Å². The summed E-state index contributed by atoms with van der Waals surface area (Å²) < 4.78 is 13.4. The van der Waals surface area contributed by atoms with Crippen molar-refractivity contribution in [2.75, 3.05) is 6.54 Å². The summed E-state index contributed by atoms with van der Waals surface area (Å²) in [6.07, 6.45) is -0.0550. The fourth-order valence-corrected chi connectivity index (χ4v) is 2.17. The van der Waals surface area contributed by atoms with Gasteiger partial charge in [-0.25, -0.2) is 4.39 Å². The first-order chi connectivity index (χ1) is 10.2. The number of hydrogen-bond donors (Lipinski definition) is 3. The van der Waals surface area contributed by atoms with Crippen molar-refractivity contribution in [2.45, 2.75) is 25.1 Å². The molecule has 0 radical (unpaired) electrons. The highest BCUT2D eigenvalue weighted by Crippen LogP contribution is 2.07. The molecule has 0 heterocycles. The molecule has 0 fully saturated rings. The van der Waals surface area contributed by atoms with E-state index in [0.717, 1.165) is 5.56 Å². The first-order valence-corrected chi connectivity index (χ1v) is 7.08. The molecule has 0 aliphatic heterocycles. The Morgan fingerprint density at radius 3 is 2.43 bits per heavy atom. The zero-order valence-electron chi connectivity index (χ0n) is 11.9. The van der Waals surface area contributed by atoms with E-state index in [2.05, 4.69) is 5.32 Å². The summed E-state index contributed by atoms with van der Waals surface area (Å²) in [6, 6.07) is 16.1. The molecule has 0 aromatic heterocycles. The lowest BCUT2D eigenvalue weighted by molar-refractivity contribution is 0.141. The third kappa shape index (κ3) is 4.93. The van der Waals surface area contributed by atoms with Crippen LogP contribution in [0.4, 0.5) is 4.39 Å². The summed E-state index contributed by atoms with van der Waals surface area (Å²) >= 11 is 0. The van der Waals surface area contributed by atoms with E-state index in [0.29, 0.717) is 25.1 Å². The molecule has 0 spiro atoms. The predicted molar refractivity (Wildman–Crippen MR) is 82.2 cm³/mol. The maximum absolute atomic E-state index is 13.4. The lowest BCUT2D eigenvalue weighted by Gasteiger charge is -2.19. The van der Waals surface area contributed by atoms with Crippen LogP contribution in [-0.4, -0.2) is 23.8 Å². The summed E-state index contributed by atoms with van der Waals surface area (Å²) in [5.74, 6) is -0.243. The van der Waals surface area contributed by atoms with Crippen LogP contribution in [0, 0.1) is 5.82 Å². The highest BCUT2D eigenvalue weighted by Gasteiger charge is 2.15. The molecule has 0 aliphatic rings. The highest BCUT2D eigenvalue weighted by atomic mass is 19.1. The Kier molecular flexibility index (Phi) is 5.87. The fraction of sp³-hybridized carbons (Fsp3) is 0.294. The fourth-order valence-electron chi connectivity index (χ4n) is 2.17. The van der Waals surface area contributed by atoms with Gasteiger partial charge in [-0.3, -0.25) is 0 Å². The van der Waals surface area contributed by atoms with Crippen LogP contribution in [0.5, 0.6) is 0 Å². The second-order valence-electron chi connectivity index (χ2n) is 5.14. The van der Waals surface area contributed by atoms with Crippen molar-refractivity contribution in [3.05, 3.63) is 71.5 Å². The van der Waals surface area contributed by atoms with E-state index < -0.39 is 6.10 Å². The van der Waals surface area contributed by atoms with Crippen LogP contribution >= 0.6 is 0 Å². The second-order valence-corrected chi connectivity index (χ2v) is 5.14. The Bertz CT molecular complexity index is 547. The van der Waals surface area contributed by atoms with Crippen LogP contribution in [0.25, 0.3) is 0 Å². The Morgan fingerprint density at radius 1 is 1.05 bits per heavy atom. The van der Waals surface area contributed by atoms with Gasteiger partial charge in [0.15, 0.2) is 0 Å². The molecule has 0 bridgehead atoms. The van der Waals surface area contributed by atoms with Gasteiger partial charge < -0.3 is 16.2 Å². The van der Waals surface area contributed by atoms with Gasteiger partial charge in [-0.05, 0) is 18.1 Å². The summed E-state index contributed by atoms with van der Waals surface area (Å²) in [6.45, 7) is 0.712. The van der Waals surface area contributed by atoms with Crippen molar-refractivity contribution in [1.82, 2.24) is 5.32 Å². The van der Waals surface area contributed by atoms with E-state index in [4.69, 9.17) is 5.73 Å². The van der Waals surface area contributed by atoms with Gasteiger partial charge >= 0.3 is 0 Å². The number of aliphatic hydroxyl groups is 1. The molecule has 2 unspecified atom stereocenters. The molecule has 21 heavy (non-hydrogen) atoms. The van der Waals surface area contributed by atoms with E-state index in [1.165, 1.54) is 6.07 Å². The minimum absolute atomic E-state index is 0.243. The van der Waals surface area contributed by atoms with Crippen LogP contribution in [0.2, 0.25) is 0 Å². The molecular formula is C17H21FN2O. The molecule has 2 atom stereocenters. The minimum atomic E-state index is -0.669. The molecule has 0 aliphatic carbocycles. The smallest absolute Gasteiger partial charge is 0.127 e. The topological polar surface area (TPSA) is 58.3 Å². The lowest BCUT2D eigenvalue weighted by Crippen LogP contribution is -2.43. The van der Waals surface area contributed by atoms with Gasteiger partial charge in [-0.2, -0.15) is 0 Å². The molecule has 0 saturated heterocycles. The number of benzene rings is 2. The number of nitrogens with one attached hydrogen (secondary N) is 1. The second kappa shape index (κ2) is 7.88. The monoisotopic (exact) mass is 288 g/mol. The summed E-state index contributed by atoms with van der Waals surface area (Å²) in [5.41, 5.74) is 7.67. The number of aliphatic hydroxyl groups excluding tert-OH is 1. The Balaban J connectivity index is 1.76. The lowest BCUT2D eigenvalue weighted by atomic mass is 10.0. The van der Waals surface area contributed by atoms with E-state index in [1.54, 1.807) is 18.2 Å². The molecule has 4 N–H and O–H groups in total. The Labute approximate surface area is 124 Å². The van der Waals surface area contributed by atoms with Gasteiger partial charge in [0.05, 0.1) is 6.10 Å². The number of rotatable bonds is 7. The van der Waals surface area contributed by atoms with E-state index in [1.807, 2.05) is 30.3 Å². The van der Waals surface area contributed by atoms with E-state index in [-0.39, 0.29) is 11.9 Å². The third-order valence-corrected chi connectivity index (χ3v) is 3.44. The molecule has 112 valence electrons. The van der Waals surface area contributed by atoms with Gasteiger partial charge in [-0.15, -0.1) is 0 Å². The average molecular weight is 288 g/mol. The van der Waals surface area contributed by atoms with Crippen LogP contribution in [0.1, 0.15) is 11.1 Å². The van der Waals surface area contributed by atoms with E-state index in [9.17, 15) is 9.50 Å². The summed E-state index contributed by atoms with van der Waals surface area (Å²) in [7, 11) is 0. The van der Waals surface area contributed by atoms with Gasteiger partial charge in [0.1, 0.15) is 5.82 Å². The zero-order chi connectivity index (χ0) is 15.1. The normalized spacial score (nSPS) is 13.9. The average Bonchev–Trinajstić information content (AvgIpc) is 2.50. The van der Waals surface area contributed by atoms with Gasteiger partial charge in [0.25, 0.3) is 0 Å². The minimum Gasteiger partial charge on any atom is -0.390 e. The SMILES string of the molecule is NC(Cc1ccccc1)C(O)CNCc1ccccc1F. The van der Waals surface area contributed by atoms with Crippen LogP contribution in [0.15, 0.2) is 54.6 Å². The van der Waals surface area contributed by atoms with Crippen molar-refractivity contribution in [1.29, 1.82) is 0 Å². The van der Waals surface area contributed by atoms with Crippen molar-refractivity contribution < 1.29 is 9.50 Å². The molecule has 2 aromatic rings. The number of nitrogens with two attached hydrogens (primary N) is 1. The number of hydrogen-bond acceptors (Lipinski definition) is 3. The van der Waals surface area contributed by atoms with Crippen LogP contribution < -0.4 is 11.1 Å². The Morgan fingerprint density at radius 2 is 1.71 bits per heavy atom. The highest BCUT2D eigenvalue weighted by molar-refractivity contribution is 5.17. The number of halogens is 1. The molecular weight excluding hydrogens is 267 g/mol. The first-order valence-electron chi connectivity index (χ1n) is 7.08. The van der Waals surface area contributed by atoms with Gasteiger partial charge in [0.2, 0.25) is 0 Å². The molecule has 4 heteroatoms. The molecule has 2 rings (SSSR count). The van der Waals surface area contributed by atoms with Crippen molar-refractivity contribution in [2.24, 2.45) is 5.73 Å². The summed E-state index contributed by atoms with van der Waals surface area (Å²) in [5, 5.41) is 13.1. The predicted octanol–water partition coefficient (Wildman–Crippen LogP) is 1.85. The van der Waals surface area contributed by atoms with Crippen molar-refractivity contribution >= 4 is 0 Å². The van der Waals surface area contributed by atoms with Crippen molar-refractivity contribution in [3.8, 4) is 0 Å². The Hall–Kier alpha value is -1.75. The quantitative estimate of drug-likeness (QED) is 0.729. The van der Waals surface area contributed by atoms with Crippen LogP contribution in [0.3, 0.4) is 0 Å². The molecule has 3 nitrogen and oxygen atoms in total. The molecule has 2 aromatic carbocycles. The summed E-state index contributed by atoms with van der Waals surface area (Å²) in [4.78, 5) is 0. The maximum atomic E-state index is 13.4.